The molecule has 2 atom stereocenters. The number of aliphatic hydroxyl groups excluding tert-OH is 1. The summed E-state index contributed by atoms with van der Waals surface area (Å²) in [6, 6.07) is 3.80. The lowest BCUT2D eigenvalue weighted by atomic mass is 9.99. The zero-order valence-electron chi connectivity index (χ0n) is 14.1. The van der Waals surface area contributed by atoms with Crippen LogP contribution in [0.3, 0.4) is 0 Å². The first-order chi connectivity index (χ1) is 11.2. The molecule has 128 valence electrons. The Morgan fingerprint density at radius 1 is 1.13 bits per heavy atom. The number of hydrogen-bond acceptors (Lipinski definition) is 5. The standard InChI is InChI=1S/C18H29N3O2/c1-15-4-9-20(10-5-15)12-16(22)13-21-11-6-18(14-21)23-17-2-7-19-8-3-17/h2-3,7-8,15-16,18,22H,4-6,9-14H2,1H3. The van der Waals surface area contributed by atoms with E-state index in [1.165, 1.54) is 12.8 Å². The number of pyridine rings is 1. The summed E-state index contributed by atoms with van der Waals surface area (Å²) in [4.78, 5) is 8.74. The summed E-state index contributed by atoms with van der Waals surface area (Å²) in [7, 11) is 0. The van der Waals surface area contributed by atoms with Gasteiger partial charge in [-0.2, -0.15) is 0 Å². The molecule has 0 aromatic carbocycles. The first kappa shape index (κ1) is 16.7. The molecule has 5 heteroatoms. The highest BCUT2D eigenvalue weighted by Crippen LogP contribution is 2.19. The second-order valence-corrected chi connectivity index (χ2v) is 7.11. The van der Waals surface area contributed by atoms with Crippen molar-refractivity contribution in [2.45, 2.75) is 38.4 Å². The van der Waals surface area contributed by atoms with E-state index < -0.39 is 0 Å². The summed E-state index contributed by atoms with van der Waals surface area (Å²) in [5.41, 5.74) is 0. The molecule has 5 nitrogen and oxygen atoms in total. The van der Waals surface area contributed by atoms with Gasteiger partial charge in [0.2, 0.25) is 0 Å². The Labute approximate surface area is 139 Å². The first-order valence-electron chi connectivity index (χ1n) is 8.88. The Morgan fingerprint density at radius 2 is 1.78 bits per heavy atom. The lowest BCUT2D eigenvalue weighted by Gasteiger charge is -2.32. The third-order valence-corrected chi connectivity index (χ3v) is 5.00. The van der Waals surface area contributed by atoms with Crippen molar-refractivity contribution in [2.75, 3.05) is 39.3 Å². The van der Waals surface area contributed by atoms with Crippen LogP contribution in [0.5, 0.6) is 5.75 Å². The number of likely N-dealkylation sites (tertiary alicyclic amines) is 2. The van der Waals surface area contributed by atoms with E-state index in [0.717, 1.165) is 57.4 Å². The molecule has 2 aliphatic rings. The molecule has 0 aliphatic carbocycles. The zero-order valence-corrected chi connectivity index (χ0v) is 14.1. The molecule has 23 heavy (non-hydrogen) atoms. The van der Waals surface area contributed by atoms with Crippen LogP contribution in [-0.4, -0.2) is 71.4 Å². The normalized spacial score (nSPS) is 25.6. The number of ether oxygens (including phenoxy) is 1. The second kappa shape index (κ2) is 8.08. The molecule has 0 amide bonds. The highest BCUT2D eigenvalue weighted by molar-refractivity contribution is 5.17. The number of rotatable bonds is 6. The quantitative estimate of drug-likeness (QED) is 0.863. The van der Waals surface area contributed by atoms with E-state index in [4.69, 9.17) is 4.74 Å². The van der Waals surface area contributed by atoms with Crippen molar-refractivity contribution in [3.8, 4) is 5.75 Å². The smallest absolute Gasteiger partial charge is 0.122 e. The fourth-order valence-electron chi connectivity index (χ4n) is 3.57. The molecule has 0 spiro atoms. The van der Waals surface area contributed by atoms with Crippen molar-refractivity contribution in [3.05, 3.63) is 24.5 Å². The summed E-state index contributed by atoms with van der Waals surface area (Å²) in [5, 5.41) is 10.4. The number of nitrogens with zero attached hydrogens (tertiary/aromatic N) is 3. The van der Waals surface area contributed by atoms with E-state index in [1.54, 1.807) is 12.4 Å². The molecule has 1 aromatic rings. The van der Waals surface area contributed by atoms with Gasteiger partial charge in [-0.1, -0.05) is 6.92 Å². The van der Waals surface area contributed by atoms with E-state index in [2.05, 4.69) is 21.7 Å². The van der Waals surface area contributed by atoms with Gasteiger partial charge in [-0.05, 0) is 50.4 Å². The van der Waals surface area contributed by atoms with Crippen LogP contribution >= 0.6 is 0 Å². The predicted molar refractivity (Wildman–Crippen MR) is 90.6 cm³/mol. The van der Waals surface area contributed by atoms with Gasteiger partial charge in [-0.15, -0.1) is 0 Å². The molecule has 1 N–H and O–H groups in total. The van der Waals surface area contributed by atoms with Crippen LogP contribution in [0.15, 0.2) is 24.5 Å². The van der Waals surface area contributed by atoms with Crippen LogP contribution in [-0.2, 0) is 0 Å². The summed E-state index contributed by atoms with van der Waals surface area (Å²) in [5.74, 6) is 1.72. The Morgan fingerprint density at radius 3 is 2.52 bits per heavy atom. The van der Waals surface area contributed by atoms with Crippen LogP contribution < -0.4 is 4.74 Å². The van der Waals surface area contributed by atoms with Crippen LogP contribution in [0.4, 0.5) is 0 Å². The fourth-order valence-corrected chi connectivity index (χ4v) is 3.57. The van der Waals surface area contributed by atoms with Crippen LogP contribution in [0, 0.1) is 5.92 Å². The number of aromatic nitrogens is 1. The molecule has 0 radical (unpaired) electrons. The summed E-state index contributed by atoms with van der Waals surface area (Å²) >= 11 is 0. The summed E-state index contributed by atoms with van der Waals surface area (Å²) in [6.07, 6.45) is 7.02. The van der Waals surface area contributed by atoms with Crippen molar-refractivity contribution in [1.29, 1.82) is 0 Å². The molecule has 2 saturated heterocycles. The third-order valence-electron chi connectivity index (χ3n) is 5.00. The number of β-amino-alcohol motifs (C(OH)–C–C–N with tert-alkyl or cyclic N) is 1. The number of hydrogen-bond donors (Lipinski definition) is 1. The zero-order chi connectivity index (χ0) is 16.1. The lowest BCUT2D eigenvalue weighted by molar-refractivity contribution is 0.0645. The van der Waals surface area contributed by atoms with Gasteiger partial charge in [0.05, 0.1) is 6.10 Å². The molecule has 2 unspecified atom stereocenters. The van der Waals surface area contributed by atoms with E-state index in [1.807, 2.05) is 12.1 Å². The van der Waals surface area contributed by atoms with Gasteiger partial charge in [0.15, 0.2) is 0 Å². The SMILES string of the molecule is CC1CCN(CC(O)CN2CCC(Oc3ccncc3)C2)CC1. The molecule has 3 rings (SSSR count). The van der Waals surface area contributed by atoms with Crippen molar-refractivity contribution in [1.82, 2.24) is 14.8 Å². The lowest BCUT2D eigenvalue weighted by Crippen LogP contribution is -2.42. The summed E-state index contributed by atoms with van der Waals surface area (Å²) < 4.78 is 5.98. The van der Waals surface area contributed by atoms with Gasteiger partial charge in [0, 0.05) is 38.6 Å². The van der Waals surface area contributed by atoms with Gasteiger partial charge in [0.1, 0.15) is 11.9 Å². The minimum absolute atomic E-state index is 0.223. The van der Waals surface area contributed by atoms with Crippen molar-refractivity contribution >= 4 is 0 Å². The third kappa shape index (κ3) is 5.16. The number of piperidine rings is 1. The minimum atomic E-state index is -0.261. The molecular weight excluding hydrogens is 290 g/mol. The highest BCUT2D eigenvalue weighted by atomic mass is 16.5. The Balaban J connectivity index is 1.37. The molecule has 3 heterocycles. The van der Waals surface area contributed by atoms with Gasteiger partial charge >= 0.3 is 0 Å². The second-order valence-electron chi connectivity index (χ2n) is 7.11. The highest BCUT2D eigenvalue weighted by Gasteiger charge is 2.26. The molecule has 0 saturated carbocycles. The predicted octanol–water partition coefficient (Wildman–Crippen LogP) is 1.63. The maximum atomic E-state index is 10.4. The molecule has 0 bridgehead atoms. The van der Waals surface area contributed by atoms with Gasteiger partial charge < -0.3 is 14.7 Å². The average Bonchev–Trinajstić information content (AvgIpc) is 2.97. The first-order valence-corrected chi connectivity index (χ1v) is 8.88. The van der Waals surface area contributed by atoms with Crippen LogP contribution in [0.1, 0.15) is 26.2 Å². The van der Waals surface area contributed by atoms with Crippen molar-refractivity contribution < 1.29 is 9.84 Å². The Hall–Kier alpha value is -1.17. The number of aliphatic hydroxyl groups is 1. The largest absolute Gasteiger partial charge is 0.489 e. The van der Waals surface area contributed by atoms with Gasteiger partial charge in [-0.3, -0.25) is 9.88 Å². The molecular formula is C18H29N3O2. The molecule has 2 aliphatic heterocycles. The van der Waals surface area contributed by atoms with Crippen LogP contribution in [0.2, 0.25) is 0 Å². The fraction of sp³-hybridized carbons (Fsp3) is 0.722. The van der Waals surface area contributed by atoms with Gasteiger partial charge in [0.25, 0.3) is 0 Å². The van der Waals surface area contributed by atoms with E-state index >= 15 is 0 Å². The topological polar surface area (TPSA) is 48.8 Å². The van der Waals surface area contributed by atoms with Crippen molar-refractivity contribution in [3.63, 3.8) is 0 Å². The molecule has 1 aromatic heterocycles. The van der Waals surface area contributed by atoms with E-state index in [9.17, 15) is 5.11 Å². The minimum Gasteiger partial charge on any atom is -0.489 e. The van der Waals surface area contributed by atoms with Crippen LogP contribution in [0.25, 0.3) is 0 Å². The van der Waals surface area contributed by atoms with Crippen molar-refractivity contribution in [2.24, 2.45) is 5.92 Å². The van der Waals surface area contributed by atoms with Gasteiger partial charge in [-0.25, -0.2) is 0 Å². The van der Waals surface area contributed by atoms with E-state index in [0.29, 0.717) is 0 Å². The maximum absolute atomic E-state index is 10.4. The van der Waals surface area contributed by atoms with E-state index in [-0.39, 0.29) is 12.2 Å². The molecule has 2 fully saturated rings. The average molecular weight is 319 g/mol. The Kier molecular flexibility index (Phi) is 5.86. The maximum Gasteiger partial charge on any atom is 0.122 e. The summed E-state index contributed by atoms with van der Waals surface area (Å²) in [6.45, 7) is 8.04. The monoisotopic (exact) mass is 319 g/mol. The Bertz CT molecular complexity index is 463.